The van der Waals surface area contributed by atoms with E-state index in [4.69, 9.17) is 21.1 Å². The molecule has 1 fully saturated rings. The summed E-state index contributed by atoms with van der Waals surface area (Å²) in [7, 11) is 0. The maximum absolute atomic E-state index is 10.6. The van der Waals surface area contributed by atoms with E-state index in [1.165, 1.54) is 11.1 Å². The van der Waals surface area contributed by atoms with Gasteiger partial charge < -0.3 is 14.6 Å². The maximum atomic E-state index is 10.6. The Bertz CT molecular complexity index is 744. The van der Waals surface area contributed by atoms with Crippen molar-refractivity contribution in [2.24, 2.45) is 0 Å². The quantitative estimate of drug-likeness (QED) is 0.598. The first-order chi connectivity index (χ1) is 14.0. The summed E-state index contributed by atoms with van der Waals surface area (Å²) in [4.78, 5) is 2.26. The van der Waals surface area contributed by atoms with Gasteiger partial charge in [0.15, 0.2) is 0 Å². The molecule has 0 radical (unpaired) electrons. The molecular weight excluding hydrogens is 386 g/mol. The summed E-state index contributed by atoms with van der Waals surface area (Å²) in [5, 5.41) is 11.1. The minimum atomic E-state index is -0.609. The fourth-order valence-electron chi connectivity index (χ4n) is 3.64. The number of rotatable bonds is 10. The predicted molar refractivity (Wildman–Crippen MR) is 118 cm³/mol. The van der Waals surface area contributed by atoms with Crippen molar-refractivity contribution >= 4 is 11.6 Å². The number of aliphatic hydroxyl groups is 1. The van der Waals surface area contributed by atoms with Crippen molar-refractivity contribution in [2.75, 3.05) is 26.3 Å². The SMILES string of the molecule is CC(C)c1ccc(CN(CC(O)COc2ccccc2Cl)CC2CCCO2)cc1. The highest BCUT2D eigenvalue weighted by Crippen LogP contribution is 2.23. The Kier molecular flexibility index (Phi) is 8.37. The summed E-state index contributed by atoms with van der Waals surface area (Å²) in [6, 6.07) is 16.1. The zero-order valence-corrected chi connectivity index (χ0v) is 18.1. The van der Waals surface area contributed by atoms with Crippen molar-refractivity contribution in [3.63, 3.8) is 0 Å². The van der Waals surface area contributed by atoms with E-state index in [-0.39, 0.29) is 12.7 Å². The Morgan fingerprint density at radius 1 is 1.17 bits per heavy atom. The molecule has 0 aliphatic carbocycles. The molecule has 1 aliphatic heterocycles. The van der Waals surface area contributed by atoms with Crippen LogP contribution in [0.1, 0.15) is 43.7 Å². The molecule has 0 bridgehead atoms. The Morgan fingerprint density at radius 3 is 2.59 bits per heavy atom. The van der Waals surface area contributed by atoms with Crippen molar-refractivity contribution in [1.82, 2.24) is 4.90 Å². The van der Waals surface area contributed by atoms with Crippen LogP contribution in [0.5, 0.6) is 5.75 Å². The van der Waals surface area contributed by atoms with Gasteiger partial charge in [-0.1, -0.05) is 61.8 Å². The van der Waals surface area contributed by atoms with E-state index in [9.17, 15) is 5.11 Å². The number of halogens is 1. The molecule has 1 saturated heterocycles. The molecule has 1 N–H and O–H groups in total. The fraction of sp³-hybridized carbons (Fsp3) is 0.500. The Labute approximate surface area is 179 Å². The summed E-state index contributed by atoms with van der Waals surface area (Å²) in [5.41, 5.74) is 2.58. The summed E-state index contributed by atoms with van der Waals surface area (Å²) < 4.78 is 11.5. The molecule has 4 nitrogen and oxygen atoms in total. The molecule has 0 spiro atoms. The molecule has 2 aromatic rings. The number of para-hydroxylation sites is 1. The molecule has 3 rings (SSSR count). The van der Waals surface area contributed by atoms with Gasteiger partial charge in [0.05, 0.1) is 11.1 Å². The average molecular weight is 418 g/mol. The molecule has 5 heteroatoms. The third kappa shape index (κ3) is 7.00. The monoisotopic (exact) mass is 417 g/mol. The molecule has 2 unspecified atom stereocenters. The Hall–Kier alpha value is -1.59. The van der Waals surface area contributed by atoms with Crippen LogP contribution >= 0.6 is 11.6 Å². The fourth-order valence-corrected chi connectivity index (χ4v) is 3.83. The Morgan fingerprint density at radius 2 is 1.93 bits per heavy atom. The molecule has 0 amide bonds. The van der Waals surface area contributed by atoms with Gasteiger partial charge in [-0.05, 0) is 42.0 Å². The topological polar surface area (TPSA) is 41.9 Å². The minimum absolute atomic E-state index is 0.206. The number of benzene rings is 2. The van der Waals surface area contributed by atoms with Gasteiger partial charge in [-0.2, -0.15) is 0 Å². The van der Waals surface area contributed by atoms with Gasteiger partial charge in [-0.3, -0.25) is 4.90 Å². The van der Waals surface area contributed by atoms with Gasteiger partial charge in [0.1, 0.15) is 18.5 Å². The summed E-state index contributed by atoms with van der Waals surface area (Å²) in [6.45, 7) is 7.56. The van der Waals surface area contributed by atoms with Crippen LogP contribution in [0.2, 0.25) is 5.02 Å². The van der Waals surface area contributed by atoms with E-state index in [2.05, 4.69) is 43.0 Å². The number of ether oxygens (including phenoxy) is 2. The number of aliphatic hydroxyl groups excluding tert-OH is 1. The molecular formula is C24H32ClNO3. The van der Waals surface area contributed by atoms with Crippen molar-refractivity contribution in [3.05, 3.63) is 64.7 Å². The predicted octanol–water partition coefficient (Wildman–Crippen LogP) is 4.88. The van der Waals surface area contributed by atoms with Crippen LogP contribution in [0.25, 0.3) is 0 Å². The van der Waals surface area contributed by atoms with Gasteiger partial charge in [0.2, 0.25) is 0 Å². The second kappa shape index (κ2) is 11.0. The van der Waals surface area contributed by atoms with Crippen LogP contribution < -0.4 is 4.74 Å². The van der Waals surface area contributed by atoms with E-state index < -0.39 is 6.10 Å². The zero-order valence-electron chi connectivity index (χ0n) is 17.4. The van der Waals surface area contributed by atoms with Crippen LogP contribution in [-0.4, -0.2) is 48.5 Å². The van der Waals surface area contributed by atoms with Crippen LogP contribution in [0.4, 0.5) is 0 Å². The lowest BCUT2D eigenvalue weighted by molar-refractivity contribution is 0.0314. The molecule has 1 heterocycles. The Balaban J connectivity index is 1.59. The molecule has 2 atom stereocenters. The summed E-state index contributed by atoms with van der Waals surface area (Å²) >= 11 is 6.14. The molecule has 1 aliphatic rings. The normalized spacial score (nSPS) is 17.8. The van der Waals surface area contributed by atoms with Gasteiger partial charge in [-0.15, -0.1) is 0 Å². The van der Waals surface area contributed by atoms with Crippen molar-refractivity contribution in [1.29, 1.82) is 0 Å². The third-order valence-electron chi connectivity index (χ3n) is 5.28. The lowest BCUT2D eigenvalue weighted by Crippen LogP contribution is -2.39. The van der Waals surface area contributed by atoms with Crippen molar-refractivity contribution in [2.45, 2.75) is 51.4 Å². The third-order valence-corrected chi connectivity index (χ3v) is 5.59. The lowest BCUT2D eigenvalue weighted by Gasteiger charge is -2.27. The van der Waals surface area contributed by atoms with Crippen molar-refractivity contribution in [3.8, 4) is 5.75 Å². The van der Waals surface area contributed by atoms with E-state index in [0.29, 0.717) is 23.2 Å². The summed E-state index contributed by atoms with van der Waals surface area (Å²) in [5.74, 6) is 1.12. The van der Waals surface area contributed by atoms with E-state index >= 15 is 0 Å². The van der Waals surface area contributed by atoms with Gasteiger partial charge >= 0.3 is 0 Å². The molecule has 0 aromatic heterocycles. The smallest absolute Gasteiger partial charge is 0.138 e. The number of hydrogen-bond donors (Lipinski definition) is 1. The molecule has 29 heavy (non-hydrogen) atoms. The zero-order chi connectivity index (χ0) is 20.6. The highest BCUT2D eigenvalue weighted by Gasteiger charge is 2.21. The van der Waals surface area contributed by atoms with Crippen LogP contribution in [0, 0.1) is 0 Å². The van der Waals surface area contributed by atoms with E-state index in [1.807, 2.05) is 18.2 Å². The molecule has 158 valence electrons. The number of nitrogens with zero attached hydrogens (tertiary/aromatic N) is 1. The average Bonchev–Trinajstić information content (AvgIpc) is 3.21. The second-order valence-corrected chi connectivity index (χ2v) is 8.53. The molecule has 0 saturated carbocycles. The van der Waals surface area contributed by atoms with E-state index in [0.717, 1.165) is 32.5 Å². The largest absolute Gasteiger partial charge is 0.489 e. The van der Waals surface area contributed by atoms with Gasteiger partial charge in [0, 0.05) is 26.2 Å². The summed E-state index contributed by atoms with van der Waals surface area (Å²) in [6.07, 6.45) is 1.82. The highest BCUT2D eigenvalue weighted by atomic mass is 35.5. The maximum Gasteiger partial charge on any atom is 0.138 e. The van der Waals surface area contributed by atoms with Gasteiger partial charge in [-0.25, -0.2) is 0 Å². The highest BCUT2D eigenvalue weighted by molar-refractivity contribution is 6.32. The first-order valence-electron chi connectivity index (χ1n) is 10.5. The van der Waals surface area contributed by atoms with E-state index in [1.54, 1.807) is 6.07 Å². The first kappa shape index (κ1) is 22.1. The van der Waals surface area contributed by atoms with Gasteiger partial charge in [0.25, 0.3) is 0 Å². The molecule has 2 aromatic carbocycles. The minimum Gasteiger partial charge on any atom is -0.489 e. The standard InChI is InChI=1S/C24H32ClNO3/c1-18(2)20-11-9-19(10-12-20)14-26(16-22-6-5-13-28-22)15-21(27)17-29-24-8-4-3-7-23(24)25/h3-4,7-12,18,21-22,27H,5-6,13-17H2,1-2H3. The lowest BCUT2D eigenvalue weighted by atomic mass is 10.0. The first-order valence-corrected chi connectivity index (χ1v) is 10.9. The van der Waals surface area contributed by atoms with Crippen LogP contribution in [0.15, 0.2) is 48.5 Å². The van der Waals surface area contributed by atoms with Crippen LogP contribution in [0.3, 0.4) is 0 Å². The van der Waals surface area contributed by atoms with Crippen molar-refractivity contribution < 1.29 is 14.6 Å². The second-order valence-electron chi connectivity index (χ2n) is 8.12. The van der Waals surface area contributed by atoms with Crippen LogP contribution in [-0.2, 0) is 11.3 Å². The number of hydrogen-bond acceptors (Lipinski definition) is 4.